The van der Waals surface area contributed by atoms with E-state index in [9.17, 15) is 19.6 Å². The van der Waals surface area contributed by atoms with Gasteiger partial charge in [-0.15, -0.1) is 0 Å². The third-order valence-corrected chi connectivity index (χ3v) is 3.83. The molecule has 0 aliphatic carbocycles. The molecule has 1 aromatic carbocycles. The standard InChI is InChI=1S/C17H25N3O5/c1-3-4-5-6-14(11-19(24)12-21)17(23)20(18)16(22)13-7-9-15(25-2)10-8-13/h7-10,12,14,24H,3-6,11,18H2,1-2H3/t14-/m1/s1. The van der Waals surface area contributed by atoms with E-state index in [1.54, 1.807) is 12.1 Å². The Bertz CT molecular complexity index is 576. The highest BCUT2D eigenvalue weighted by molar-refractivity contribution is 6.04. The van der Waals surface area contributed by atoms with E-state index in [1.165, 1.54) is 19.2 Å². The van der Waals surface area contributed by atoms with Crippen LogP contribution in [0.1, 0.15) is 43.0 Å². The maximum atomic E-state index is 12.5. The molecular formula is C17H25N3O5. The number of hydrogen-bond donors (Lipinski definition) is 2. The van der Waals surface area contributed by atoms with Gasteiger partial charge in [-0.2, -0.15) is 0 Å². The Morgan fingerprint density at radius 3 is 2.44 bits per heavy atom. The number of benzene rings is 1. The lowest BCUT2D eigenvalue weighted by Gasteiger charge is -2.23. The van der Waals surface area contributed by atoms with Crippen molar-refractivity contribution in [1.82, 2.24) is 10.1 Å². The number of rotatable bonds is 10. The largest absolute Gasteiger partial charge is 0.497 e. The van der Waals surface area contributed by atoms with Gasteiger partial charge in [0.2, 0.25) is 12.3 Å². The Balaban J connectivity index is 2.84. The number of hydrogen-bond acceptors (Lipinski definition) is 6. The maximum absolute atomic E-state index is 12.5. The summed E-state index contributed by atoms with van der Waals surface area (Å²) in [6.45, 7) is 1.80. The van der Waals surface area contributed by atoms with E-state index < -0.39 is 17.7 Å². The molecule has 25 heavy (non-hydrogen) atoms. The molecule has 0 saturated heterocycles. The van der Waals surface area contributed by atoms with Gasteiger partial charge < -0.3 is 4.74 Å². The third kappa shape index (κ3) is 6.17. The number of hydroxylamine groups is 2. The van der Waals surface area contributed by atoms with Crippen molar-refractivity contribution in [2.24, 2.45) is 11.8 Å². The zero-order chi connectivity index (χ0) is 18.8. The quantitative estimate of drug-likeness (QED) is 0.165. The number of unbranched alkanes of at least 4 members (excludes halogenated alkanes) is 2. The molecule has 1 atom stereocenters. The summed E-state index contributed by atoms with van der Waals surface area (Å²) in [5.74, 6) is 4.22. The number of imide groups is 1. The lowest BCUT2D eigenvalue weighted by molar-refractivity contribution is -0.156. The van der Waals surface area contributed by atoms with E-state index in [4.69, 9.17) is 10.6 Å². The van der Waals surface area contributed by atoms with Crippen LogP contribution in [0.2, 0.25) is 0 Å². The molecule has 0 aromatic heterocycles. The fourth-order valence-electron chi connectivity index (χ4n) is 2.37. The van der Waals surface area contributed by atoms with Gasteiger partial charge in [0, 0.05) is 5.56 Å². The monoisotopic (exact) mass is 351 g/mol. The highest BCUT2D eigenvalue weighted by Gasteiger charge is 2.28. The fraction of sp³-hybridized carbons (Fsp3) is 0.471. The molecule has 1 rings (SSSR count). The molecule has 8 heteroatoms. The van der Waals surface area contributed by atoms with E-state index in [0.29, 0.717) is 22.2 Å². The molecule has 138 valence electrons. The predicted molar refractivity (Wildman–Crippen MR) is 90.5 cm³/mol. The molecule has 3 N–H and O–H groups in total. The first-order chi connectivity index (χ1) is 11.9. The van der Waals surface area contributed by atoms with E-state index in [-0.39, 0.29) is 18.5 Å². The number of carbonyl (C=O) groups excluding carboxylic acids is 3. The van der Waals surface area contributed by atoms with Crippen LogP contribution >= 0.6 is 0 Å². The summed E-state index contributed by atoms with van der Waals surface area (Å²) in [5.41, 5.74) is 0.236. The van der Waals surface area contributed by atoms with Crippen molar-refractivity contribution in [2.45, 2.75) is 32.6 Å². The molecule has 0 radical (unpaired) electrons. The summed E-state index contributed by atoms with van der Waals surface area (Å²) >= 11 is 0. The second-order valence-corrected chi connectivity index (χ2v) is 5.66. The zero-order valence-electron chi connectivity index (χ0n) is 14.6. The molecule has 0 aliphatic heterocycles. The van der Waals surface area contributed by atoms with Gasteiger partial charge >= 0.3 is 0 Å². The van der Waals surface area contributed by atoms with E-state index in [1.807, 2.05) is 6.92 Å². The fourth-order valence-corrected chi connectivity index (χ4v) is 2.37. The van der Waals surface area contributed by atoms with Crippen LogP contribution in [0.25, 0.3) is 0 Å². The van der Waals surface area contributed by atoms with Crippen LogP contribution in [0, 0.1) is 5.92 Å². The summed E-state index contributed by atoms with van der Waals surface area (Å²) in [6.07, 6.45) is 3.21. The normalized spacial score (nSPS) is 11.5. The summed E-state index contributed by atoms with van der Waals surface area (Å²) in [5, 5.41) is 10.3. The number of nitrogens with two attached hydrogens (primary N) is 1. The zero-order valence-corrected chi connectivity index (χ0v) is 14.6. The van der Waals surface area contributed by atoms with Gasteiger partial charge in [-0.3, -0.25) is 19.6 Å². The SMILES string of the molecule is CCCCC[C@H](CN(O)C=O)C(=O)N(N)C(=O)c1ccc(OC)cc1. The van der Waals surface area contributed by atoms with E-state index >= 15 is 0 Å². The average Bonchev–Trinajstić information content (AvgIpc) is 2.65. The summed E-state index contributed by atoms with van der Waals surface area (Å²) in [4.78, 5) is 35.5. The van der Waals surface area contributed by atoms with Crippen molar-refractivity contribution in [3.05, 3.63) is 29.8 Å². The number of methoxy groups -OCH3 is 1. The van der Waals surface area contributed by atoms with Crippen molar-refractivity contribution in [3.63, 3.8) is 0 Å². The number of carbonyl (C=O) groups is 3. The van der Waals surface area contributed by atoms with Crippen molar-refractivity contribution in [1.29, 1.82) is 0 Å². The van der Waals surface area contributed by atoms with Crippen molar-refractivity contribution in [2.75, 3.05) is 13.7 Å². The van der Waals surface area contributed by atoms with Crippen LogP contribution in [0.3, 0.4) is 0 Å². The molecule has 0 spiro atoms. The van der Waals surface area contributed by atoms with Gasteiger partial charge in [0.1, 0.15) is 5.75 Å². The second kappa shape index (κ2) is 10.4. The van der Waals surface area contributed by atoms with Crippen LogP contribution in [0.5, 0.6) is 5.75 Å². The highest BCUT2D eigenvalue weighted by atomic mass is 16.5. The van der Waals surface area contributed by atoms with E-state index in [0.717, 1.165) is 19.3 Å². The Kier molecular flexibility index (Phi) is 8.59. The summed E-state index contributed by atoms with van der Waals surface area (Å²) < 4.78 is 5.02. The lowest BCUT2D eigenvalue weighted by Crippen LogP contribution is -2.48. The topological polar surface area (TPSA) is 113 Å². The summed E-state index contributed by atoms with van der Waals surface area (Å²) in [6, 6.07) is 6.19. The van der Waals surface area contributed by atoms with Crippen molar-refractivity contribution in [3.8, 4) is 5.75 Å². The molecule has 0 aliphatic rings. The minimum Gasteiger partial charge on any atom is -0.497 e. The first-order valence-electron chi connectivity index (χ1n) is 8.12. The number of hydrazine groups is 1. The minimum atomic E-state index is -0.756. The van der Waals surface area contributed by atoms with Gasteiger partial charge in [-0.05, 0) is 30.7 Å². The first kappa shape index (κ1) is 20.6. The van der Waals surface area contributed by atoms with E-state index in [2.05, 4.69) is 0 Å². The third-order valence-electron chi connectivity index (χ3n) is 3.83. The number of amides is 3. The molecule has 0 heterocycles. The lowest BCUT2D eigenvalue weighted by atomic mass is 9.99. The van der Waals surface area contributed by atoms with Crippen LogP contribution in [-0.2, 0) is 9.59 Å². The van der Waals surface area contributed by atoms with Gasteiger partial charge in [0.15, 0.2) is 0 Å². The number of ether oxygens (including phenoxy) is 1. The molecular weight excluding hydrogens is 326 g/mol. The Morgan fingerprint density at radius 1 is 1.28 bits per heavy atom. The number of nitrogens with zero attached hydrogens (tertiary/aromatic N) is 2. The van der Waals surface area contributed by atoms with Crippen LogP contribution in [-0.4, -0.2) is 47.2 Å². The Labute approximate surface area is 147 Å². The predicted octanol–water partition coefficient (Wildman–Crippen LogP) is 1.58. The molecule has 0 saturated carbocycles. The van der Waals surface area contributed by atoms with Gasteiger partial charge in [-0.1, -0.05) is 26.2 Å². The minimum absolute atomic E-state index is 0.213. The molecule has 0 bridgehead atoms. The molecule has 0 unspecified atom stereocenters. The Morgan fingerprint density at radius 2 is 1.92 bits per heavy atom. The molecule has 1 aromatic rings. The van der Waals surface area contributed by atoms with Gasteiger partial charge in [-0.25, -0.2) is 15.9 Å². The molecule has 3 amide bonds. The van der Waals surface area contributed by atoms with Crippen LogP contribution < -0.4 is 10.6 Å². The van der Waals surface area contributed by atoms with Gasteiger partial charge in [0.05, 0.1) is 19.6 Å². The first-order valence-corrected chi connectivity index (χ1v) is 8.12. The second-order valence-electron chi connectivity index (χ2n) is 5.66. The van der Waals surface area contributed by atoms with Gasteiger partial charge in [0.25, 0.3) is 5.91 Å². The van der Waals surface area contributed by atoms with Crippen molar-refractivity contribution < 1.29 is 24.3 Å². The average molecular weight is 351 g/mol. The van der Waals surface area contributed by atoms with Crippen LogP contribution in [0.15, 0.2) is 24.3 Å². The van der Waals surface area contributed by atoms with Crippen molar-refractivity contribution >= 4 is 18.2 Å². The van der Waals surface area contributed by atoms with Crippen LogP contribution in [0.4, 0.5) is 0 Å². The Hall–Kier alpha value is -2.45. The smallest absolute Gasteiger partial charge is 0.274 e. The summed E-state index contributed by atoms with van der Waals surface area (Å²) in [7, 11) is 1.50. The molecule has 0 fully saturated rings. The maximum Gasteiger partial charge on any atom is 0.274 e. The highest BCUT2D eigenvalue weighted by Crippen LogP contribution is 2.16. The molecule has 8 nitrogen and oxygen atoms in total.